The molecule has 94 valence electrons. The molecule has 0 aromatic rings. The van der Waals surface area contributed by atoms with E-state index in [-0.39, 0.29) is 16.9 Å². The quantitative estimate of drug-likeness (QED) is 0.729. The van der Waals surface area contributed by atoms with Crippen LogP contribution in [0.4, 0.5) is 0 Å². The van der Waals surface area contributed by atoms with Crippen molar-refractivity contribution in [1.82, 2.24) is 5.32 Å². The van der Waals surface area contributed by atoms with Crippen LogP contribution in [0.5, 0.6) is 0 Å². The fourth-order valence-corrected chi connectivity index (χ4v) is 2.58. The number of nitrogens with two attached hydrogens (primary N) is 1. The van der Waals surface area contributed by atoms with Crippen LogP contribution >= 0.6 is 0 Å². The molecular weight excluding hydrogens is 200 g/mol. The van der Waals surface area contributed by atoms with Crippen molar-refractivity contribution < 1.29 is 4.79 Å². The number of hydrogen-bond donors (Lipinski definition) is 2. The van der Waals surface area contributed by atoms with Crippen LogP contribution < -0.4 is 11.1 Å². The largest absolute Gasteiger partial charge is 0.351 e. The third kappa shape index (κ3) is 3.48. The van der Waals surface area contributed by atoms with Crippen molar-refractivity contribution in [3.8, 4) is 0 Å². The lowest BCUT2D eigenvalue weighted by Crippen LogP contribution is -2.48. The predicted molar refractivity (Wildman–Crippen MR) is 67.1 cm³/mol. The van der Waals surface area contributed by atoms with Gasteiger partial charge in [-0.2, -0.15) is 0 Å². The molecule has 1 aliphatic carbocycles. The average molecular weight is 226 g/mol. The molecule has 0 unspecified atom stereocenters. The van der Waals surface area contributed by atoms with Gasteiger partial charge in [-0.05, 0) is 45.1 Å². The van der Waals surface area contributed by atoms with Crippen molar-refractivity contribution in [2.24, 2.45) is 11.1 Å². The molecule has 0 saturated heterocycles. The van der Waals surface area contributed by atoms with E-state index in [1.165, 1.54) is 6.42 Å². The minimum absolute atomic E-state index is 0.0780. The van der Waals surface area contributed by atoms with E-state index in [4.69, 9.17) is 5.73 Å². The van der Waals surface area contributed by atoms with E-state index >= 15 is 0 Å². The van der Waals surface area contributed by atoms with Crippen molar-refractivity contribution in [2.45, 2.75) is 64.8 Å². The first-order chi connectivity index (χ1) is 7.43. The predicted octanol–water partition coefficient (Wildman–Crippen LogP) is 2.20. The second kappa shape index (κ2) is 5.17. The number of carbonyl (C=O) groups excluding carboxylic acids is 1. The molecule has 0 heterocycles. The minimum atomic E-state index is -0.0780. The molecule has 3 heteroatoms. The molecule has 1 aliphatic rings. The normalized spacial score (nSPS) is 19.0. The van der Waals surface area contributed by atoms with E-state index in [1.807, 2.05) is 0 Å². The SMILES string of the molecule is CCCC(C)(C)NC(=O)CC1(CN)CCC1. The first-order valence-corrected chi connectivity index (χ1v) is 6.44. The minimum Gasteiger partial charge on any atom is -0.351 e. The highest BCUT2D eigenvalue weighted by atomic mass is 16.1. The number of hydrogen-bond acceptors (Lipinski definition) is 2. The number of nitrogens with one attached hydrogen (secondary N) is 1. The first kappa shape index (κ1) is 13.5. The summed E-state index contributed by atoms with van der Waals surface area (Å²) in [6, 6.07) is 0. The highest BCUT2D eigenvalue weighted by Gasteiger charge is 2.38. The van der Waals surface area contributed by atoms with Crippen LogP contribution in [0.15, 0.2) is 0 Å². The van der Waals surface area contributed by atoms with Crippen LogP contribution in [0.1, 0.15) is 59.3 Å². The van der Waals surface area contributed by atoms with Crippen molar-refractivity contribution in [3.63, 3.8) is 0 Å². The Morgan fingerprint density at radius 2 is 2.06 bits per heavy atom. The van der Waals surface area contributed by atoms with Gasteiger partial charge in [0, 0.05) is 12.0 Å². The second-order valence-corrected chi connectivity index (χ2v) is 5.92. The molecule has 1 amide bonds. The van der Waals surface area contributed by atoms with Gasteiger partial charge in [-0.15, -0.1) is 0 Å². The van der Waals surface area contributed by atoms with E-state index in [1.54, 1.807) is 0 Å². The summed E-state index contributed by atoms with van der Waals surface area (Å²) in [5, 5.41) is 3.12. The zero-order valence-corrected chi connectivity index (χ0v) is 10.9. The van der Waals surface area contributed by atoms with Crippen molar-refractivity contribution in [2.75, 3.05) is 6.54 Å². The lowest BCUT2D eigenvalue weighted by molar-refractivity contribution is -0.126. The Kier molecular flexibility index (Phi) is 4.36. The summed E-state index contributed by atoms with van der Waals surface area (Å²) in [6.07, 6.45) is 6.18. The second-order valence-electron chi connectivity index (χ2n) is 5.92. The number of carbonyl (C=O) groups is 1. The highest BCUT2D eigenvalue weighted by molar-refractivity contribution is 5.77. The Labute approximate surface area is 99.2 Å². The van der Waals surface area contributed by atoms with Gasteiger partial charge in [0.05, 0.1) is 0 Å². The molecule has 1 saturated carbocycles. The van der Waals surface area contributed by atoms with Crippen LogP contribution in [0.2, 0.25) is 0 Å². The van der Waals surface area contributed by atoms with Gasteiger partial charge < -0.3 is 11.1 Å². The van der Waals surface area contributed by atoms with Gasteiger partial charge in [-0.1, -0.05) is 19.8 Å². The third-order valence-corrected chi connectivity index (χ3v) is 3.74. The third-order valence-electron chi connectivity index (χ3n) is 3.74. The Morgan fingerprint density at radius 1 is 1.44 bits per heavy atom. The molecule has 0 aliphatic heterocycles. The van der Waals surface area contributed by atoms with Gasteiger partial charge in [-0.25, -0.2) is 0 Å². The molecule has 0 radical (unpaired) electrons. The average Bonchev–Trinajstić information content (AvgIpc) is 2.10. The Morgan fingerprint density at radius 3 is 2.44 bits per heavy atom. The summed E-state index contributed by atoms with van der Waals surface area (Å²) in [6.45, 7) is 6.96. The van der Waals surface area contributed by atoms with E-state index in [0.717, 1.165) is 25.7 Å². The molecule has 0 atom stereocenters. The number of rotatable bonds is 6. The van der Waals surface area contributed by atoms with Gasteiger partial charge in [0.25, 0.3) is 0 Å². The molecule has 0 spiro atoms. The van der Waals surface area contributed by atoms with Crippen LogP contribution in [0.25, 0.3) is 0 Å². The fraction of sp³-hybridized carbons (Fsp3) is 0.923. The molecule has 0 aromatic carbocycles. The van der Waals surface area contributed by atoms with Gasteiger partial charge in [0.2, 0.25) is 5.91 Å². The van der Waals surface area contributed by atoms with Gasteiger partial charge >= 0.3 is 0 Å². The van der Waals surface area contributed by atoms with Crippen molar-refractivity contribution >= 4 is 5.91 Å². The maximum Gasteiger partial charge on any atom is 0.221 e. The topological polar surface area (TPSA) is 55.1 Å². The van der Waals surface area contributed by atoms with E-state index < -0.39 is 0 Å². The Hall–Kier alpha value is -0.570. The first-order valence-electron chi connectivity index (χ1n) is 6.44. The van der Waals surface area contributed by atoms with Gasteiger partial charge in [-0.3, -0.25) is 4.79 Å². The molecular formula is C13H26N2O. The summed E-state index contributed by atoms with van der Waals surface area (Å²) >= 11 is 0. The molecule has 0 aromatic heterocycles. The van der Waals surface area contributed by atoms with Crippen molar-refractivity contribution in [1.29, 1.82) is 0 Å². The Bertz CT molecular complexity index is 239. The summed E-state index contributed by atoms with van der Waals surface area (Å²) in [5.41, 5.74) is 5.80. The van der Waals surface area contributed by atoms with Crippen LogP contribution in [0.3, 0.4) is 0 Å². The molecule has 3 N–H and O–H groups in total. The maximum absolute atomic E-state index is 11.9. The van der Waals surface area contributed by atoms with Crippen LogP contribution in [-0.4, -0.2) is 18.0 Å². The molecule has 16 heavy (non-hydrogen) atoms. The van der Waals surface area contributed by atoms with Gasteiger partial charge in [0.15, 0.2) is 0 Å². The smallest absolute Gasteiger partial charge is 0.221 e. The van der Waals surface area contributed by atoms with E-state index in [0.29, 0.717) is 13.0 Å². The molecule has 1 fully saturated rings. The van der Waals surface area contributed by atoms with Gasteiger partial charge in [0.1, 0.15) is 0 Å². The molecule has 3 nitrogen and oxygen atoms in total. The number of amides is 1. The van der Waals surface area contributed by atoms with Crippen LogP contribution in [-0.2, 0) is 4.79 Å². The standard InChI is InChI=1S/C13H26N2O/c1-4-6-12(2,3)15-11(16)9-13(10-14)7-5-8-13/h4-10,14H2,1-3H3,(H,15,16). The molecule has 0 bridgehead atoms. The fourth-order valence-electron chi connectivity index (χ4n) is 2.58. The summed E-state index contributed by atoms with van der Waals surface area (Å²) in [4.78, 5) is 11.9. The summed E-state index contributed by atoms with van der Waals surface area (Å²) in [7, 11) is 0. The summed E-state index contributed by atoms with van der Waals surface area (Å²) in [5.74, 6) is 0.170. The van der Waals surface area contributed by atoms with E-state index in [9.17, 15) is 4.79 Å². The lowest BCUT2D eigenvalue weighted by atomic mass is 9.66. The lowest BCUT2D eigenvalue weighted by Gasteiger charge is -2.41. The highest BCUT2D eigenvalue weighted by Crippen LogP contribution is 2.42. The summed E-state index contributed by atoms with van der Waals surface area (Å²) < 4.78 is 0. The van der Waals surface area contributed by atoms with Crippen LogP contribution in [0, 0.1) is 5.41 Å². The molecule has 1 rings (SSSR count). The zero-order valence-electron chi connectivity index (χ0n) is 10.9. The zero-order chi connectivity index (χ0) is 12.2. The van der Waals surface area contributed by atoms with E-state index in [2.05, 4.69) is 26.1 Å². The van der Waals surface area contributed by atoms with Crippen molar-refractivity contribution in [3.05, 3.63) is 0 Å². The monoisotopic (exact) mass is 226 g/mol. The Balaban J connectivity index is 2.41. The maximum atomic E-state index is 11.9.